The van der Waals surface area contributed by atoms with Crippen molar-refractivity contribution in [2.75, 3.05) is 5.73 Å². The maximum Gasteiger partial charge on any atom is 0.0791 e. The van der Waals surface area contributed by atoms with Crippen LogP contribution in [0.25, 0.3) is 0 Å². The lowest BCUT2D eigenvalue weighted by molar-refractivity contribution is 1.71. The van der Waals surface area contributed by atoms with Gasteiger partial charge in [-0.15, -0.1) is 0 Å². The van der Waals surface area contributed by atoms with Gasteiger partial charge in [-0.1, -0.05) is 30.4 Å². The van der Waals surface area contributed by atoms with Crippen LogP contribution in [0.3, 0.4) is 0 Å². The highest BCUT2D eigenvalue weighted by Crippen LogP contribution is 1.97. The van der Waals surface area contributed by atoms with E-state index >= 15 is 0 Å². The molecule has 2 N–H and O–H groups in total. The van der Waals surface area contributed by atoms with Crippen molar-refractivity contribution in [3.63, 3.8) is 0 Å². The zero-order chi connectivity index (χ0) is 7.56. The van der Waals surface area contributed by atoms with E-state index in [1.54, 1.807) is 0 Å². The Labute approximate surface area is 63.5 Å². The summed E-state index contributed by atoms with van der Waals surface area (Å²) in [6.07, 6.45) is 0. The summed E-state index contributed by atoms with van der Waals surface area (Å²) in [4.78, 5) is 0. The van der Waals surface area contributed by atoms with Crippen molar-refractivity contribution in [3.8, 4) is 0 Å². The molecule has 0 aliphatic rings. The van der Waals surface area contributed by atoms with E-state index in [4.69, 9.17) is 5.73 Å². The minimum atomic E-state index is -0.284. The van der Waals surface area contributed by atoms with Gasteiger partial charge in [0.1, 0.15) is 0 Å². The molecule has 0 aliphatic heterocycles. The minimum Gasteiger partial charge on any atom is -0.399 e. The molecular formula is C8H12NSi. The van der Waals surface area contributed by atoms with Gasteiger partial charge in [0.15, 0.2) is 0 Å². The fraction of sp³-hybridized carbons (Fsp3) is 0.250. The summed E-state index contributed by atoms with van der Waals surface area (Å²) in [5.74, 6) is 0. The maximum atomic E-state index is 5.54. The largest absolute Gasteiger partial charge is 0.399 e. The van der Waals surface area contributed by atoms with Crippen molar-refractivity contribution in [3.05, 3.63) is 24.3 Å². The van der Waals surface area contributed by atoms with Gasteiger partial charge < -0.3 is 5.73 Å². The van der Waals surface area contributed by atoms with Gasteiger partial charge in [-0.25, -0.2) is 0 Å². The Balaban J connectivity index is 2.89. The number of nitrogens with two attached hydrogens (primary N) is 1. The van der Waals surface area contributed by atoms with Crippen LogP contribution in [0, 0.1) is 0 Å². The first-order valence-corrected chi connectivity index (χ1v) is 5.86. The number of benzene rings is 1. The second-order valence-corrected chi connectivity index (χ2v) is 5.20. The van der Waals surface area contributed by atoms with E-state index in [0.717, 1.165) is 5.69 Å². The number of hydrogen-bond donors (Lipinski definition) is 1. The van der Waals surface area contributed by atoms with E-state index in [1.807, 2.05) is 12.1 Å². The second kappa shape index (κ2) is 2.88. The SMILES string of the molecule is C[Si](C)c1ccc(N)cc1. The van der Waals surface area contributed by atoms with Crippen LogP contribution in [-0.4, -0.2) is 8.80 Å². The van der Waals surface area contributed by atoms with Gasteiger partial charge in [-0.3, -0.25) is 0 Å². The topological polar surface area (TPSA) is 26.0 Å². The minimum absolute atomic E-state index is 0.284. The van der Waals surface area contributed by atoms with Gasteiger partial charge in [-0.05, 0) is 12.1 Å². The molecule has 0 fully saturated rings. The number of hydrogen-bond acceptors (Lipinski definition) is 1. The third-order valence-corrected chi connectivity index (χ3v) is 2.98. The molecule has 0 heterocycles. The van der Waals surface area contributed by atoms with E-state index in [2.05, 4.69) is 25.2 Å². The summed E-state index contributed by atoms with van der Waals surface area (Å²) in [5, 5.41) is 1.44. The lowest BCUT2D eigenvalue weighted by Gasteiger charge is -2.01. The van der Waals surface area contributed by atoms with Crippen LogP contribution in [-0.2, 0) is 0 Å². The second-order valence-electron chi connectivity index (χ2n) is 2.62. The Morgan fingerprint density at radius 2 is 1.60 bits per heavy atom. The Morgan fingerprint density at radius 1 is 1.10 bits per heavy atom. The summed E-state index contributed by atoms with van der Waals surface area (Å²) in [6, 6.07) is 8.16. The molecule has 2 heteroatoms. The van der Waals surface area contributed by atoms with Crippen molar-refractivity contribution >= 4 is 19.7 Å². The molecule has 1 aromatic rings. The normalized spacial score (nSPS) is 10.3. The molecule has 53 valence electrons. The standard InChI is InChI=1S/C8H12NSi/c1-10(2)8-5-3-7(9)4-6-8/h3-6H,9H2,1-2H3. The zero-order valence-electron chi connectivity index (χ0n) is 6.39. The quantitative estimate of drug-likeness (QED) is 0.473. The summed E-state index contributed by atoms with van der Waals surface area (Å²) in [5.41, 5.74) is 6.39. The highest BCUT2D eigenvalue weighted by atomic mass is 28.3. The van der Waals surface area contributed by atoms with E-state index in [9.17, 15) is 0 Å². The third-order valence-electron chi connectivity index (χ3n) is 1.49. The molecule has 0 saturated carbocycles. The summed E-state index contributed by atoms with van der Waals surface area (Å²) < 4.78 is 0. The number of nitrogen functional groups attached to an aromatic ring is 1. The molecule has 0 atom stereocenters. The Kier molecular flexibility index (Phi) is 2.12. The first-order chi connectivity index (χ1) is 4.70. The molecule has 0 unspecified atom stereocenters. The Morgan fingerprint density at radius 3 is 2.00 bits per heavy atom. The summed E-state index contributed by atoms with van der Waals surface area (Å²) in [6.45, 7) is 4.55. The van der Waals surface area contributed by atoms with Gasteiger partial charge in [0.05, 0.1) is 8.80 Å². The van der Waals surface area contributed by atoms with Crippen LogP contribution in [0.1, 0.15) is 0 Å². The van der Waals surface area contributed by atoms with Crippen molar-refractivity contribution < 1.29 is 0 Å². The zero-order valence-corrected chi connectivity index (χ0v) is 7.39. The molecule has 0 bridgehead atoms. The molecule has 0 saturated heterocycles. The van der Waals surface area contributed by atoms with E-state index < -0.39 is 0 Å². The average Bonchev–Trinajstić information content (AvgIpc) is 1.88. The van der Waals surface area contributed by atoms with E-state index in [-0.39, 0.29) is 8.80 Å². The van der Waals surface area contributed by atoms with Crippen molar-refractivity contribution in [2.45, 2.75) is 13.1 Å². The predicted molar refractivity (Wildman–Crippen MR) is 48.0 cm³/mol. The fourth-order valence-electron chi connectivity index (χ4n) is 0.816. The van der Waals surface area contributed by atoms with E-state index in [0.29, 0.717) is 0 Å². The Bertz CT molecular complexity index is 203. The molecule has 0 aliphatic carbocycles. The first kappa shape index (κ1) is 7.35. The number of rotatable bonds is 1. The molecule has 1 nitrogen and oxygen atoms in total. The van der Waals surface area contributed by atoms with Crippen LogP contribution in [0.4, 0.5) is 5.69 Å². The van der Waals surface area contributed by atoms with Gasteiger partial charge in [-0.2, -0.15) is 0 Å². The van der Waals surface area contributed by atoms with Gasteiger partial charge >= 0.3 is 0 Å². The molecule has 1 aromatic carbocycles. The molecule has 0 amide bonds. The van der Waals surface area contributed by atoms with Gasteiger partial charge in [0.2, 0.25) is 0 Å². The van der Waals surface area contributed by atoms with Gasteiger partial charge in [0, 0.05) is 5.69 Å². The maximum absolute atomic E-state index is 5.54. The highest BCUT2D eigenvalue weighted by Gasteiger charge is 1.97. The van der Waals surface area contributed by atoms with Crippen molar-refractivity contribution in [1.82, 2.24) is 0 Å². The lowest BCUT2D eigenvalue weighted by Crippen LogP contribution is -2.21. The summed E-state index contributed by atoms with van der Waals surface area (Å²) >= 11 is 0. The fourth-order valence-corrected chi connectivity index (χ4v) is 1.65. The molecule has 0 spiro atoms. The number of anilines is 1. The van der Waals surface area contributed by atoms with Crippen LogP contribution in [0.15, 0.2) is 24.3 Å². The van der Waals surface area contributed by atoms with Crippen LogP contribution in [0.5, 0.6) is 0 Å². The lowest BCUT2D eigenvalue weighted by atomic mass is 10.3. The smallest absolute Gasteiger partial charge is 0.0791 e. The van der Waals surface area contributed by atoms with Gasteiger partial charge in [0.25, 0.3) is 0 Å². The average molecular weight is 150 g/mol. The molecule has 10 heavy (non-hydrogen) atoms. The van der Waals surface area contributed by atoms with Crippen molar-refractivity contribution in [2.24, 2.45) is 0 Å². The predicted octanol–water partition coefficient (Wildman–Crippen LogP) is 1.23. The molecule has 1 radical (unpaired) electrons. The molecular weight excluding hydrogens is 138 g/mol. The van der Waals surface area contributed by atoms with Crippen LogP contribution < -0.4 is 10.9 Å². The van der Waals surface area contributed by atoms with E-state index in [1.165, 1.54) is 5.19 Å². The van der Waals surface area contributed by atoms with Crippen molar-refractivity contribution in [1.29, 1.82) is 0 Å². The highest BCUT2D eigenvalue weighted by molar-refractivity contribution is 6.70. The Hall–Kier alpha value is -0.763. The molecule has 0 aromatic heterocycles. The van der Waals surface area contributed by atoms with Crippen LogP contribution >= 0.6 is 0 Å². The summed E-state index contributed by atoms with van der Waals surface area (Å²) in [7, 11) is -0.284. The molecule has 1 rings (SSSR count). The monoisotopic (exact) mass is 150 g/mol. The third kappa shape index (κ3) is 1.61. The van der Waals surface area contributed by atoms with Crippen LogP contribution in [0.2, 0.25) is 13.1 Å². The first-order valence-electron chi connectivity index (χ1n) is 3.36.